The summed E-state index contributed by atoms with van der Waals surface area (Å²) in [7, 11) is 0. The Morgan fingerprint density at radius 1 is 1.41 bits per heavy atom. The van der Waals surface area contributed by atoms with E-state index < -0.39 is 0 Å². The first-order valence-corrected chi connectivity index (χ1v) is 5.62. The minimum absolute atomic E-state index is 0.130. The zero-order valence-electron chi connectivity index (χ0n) is 9.69. The summed E-state index contributed by atoms with van der Waals surface area (Å²) in [5.41, 5.74) is 0.560. The smallest absolute Gasteiger partial charge is 0.260 e. The second kappa shape index (κ2) is 5.45. The predicted molar refractivity (Wildman–Crippen MR) is 67.3 cm³/mol. The molecule has 1 heterocycles. The molecule has 1 aromatic carbocycles. The number of aromatic amines is 1. The highest BCUT2D eigenvalue weighted by atomic mass is 16.5. The molecular formula is C12H15N3O2. The van der Waals surface area contributed by atoms with Crippen LogP contribution in [0.2, 0.25) is 0 Å². The van der Waals surface area contributed by atoms with Crippen molar-refractivity contribution in [2.45, 2.75) is 6.92 Å². The van der Waals surface area contributed by atoms with Crippen molar-refractivity contribution in [2.24, 2.45) is 0 Å². The normalized spacial score (nSPS) is 10.6. The molecule has 5 nitrogen and oxygen atoms in total. The van der Waals surface area contributed by atoms with E-state index in [1.165, 1.54) is 0 Å². The Kier molecular flexibility index (Phi) is 3.72. The van der Waals surface area contributed by atoms with Crippen LogP contribution in [0, 0.1) is 0 Å². The summed E-state index contributed by atoms with van der Waals surface area (Å²) < 4.78 is 5.19. The maximum Gasteiger partial charge on any atom is 0.260 e. The van der Waals surface area contributed by atoms with Crippen LogP contribution in [0.5, 0.6) is 0 Å². The summed E-state index contributed by atoms with van der Waals surface area (Å²) in [5, 5.41) is 3.62. The van der Waals surface area contributed by atoms with Crippen molar-refractivity contribution in [3.8, 4) is 0 Å². The van der Waals surface area contributed by atoms with Gasteiger partial charge >= 0.3 is 0 Å². The van der Waals surface area contributed by atoms with Crippen LogP contribution in [0.3, 0.4) is 0 Å². The van der Waals surface area contributed by atoms with E-state index in [9.17, 15) is 4.79 Å². The second-order valence-electron chi connectivity index (χ2n) is 3.56. The zero-order chi connectivity index (χ0) is 12.1. The molecule has 1 aromatic heterocycles. The van der Waals surface area contributed by atoms with E-state index in [0.717, 1.165) is 0 Å². The largest absolute Gasteiger partial charge is 0.380 e. The summed E-state index contributed by atoms with van der Waals surface area (Å²) in [6, 6.07) is 7.25. The topological polar surface area (TPSA) is 67.0 Å². The molecule has 2 N–H and O–H groups in total. The number of nitrogens with one attached hydrogen (secondary N) is 2. The van der Waals surface area contributed by atoms with E-state index in [-0.39, 0.29) is 5.56 Å². The van der Waals surface area contributed by atoms with Gasteiger partial charge in [0.2, 0.25) is 5.95 Å². The van der Waals surface area contributed by atoms with Crippen LogP contribution < -0.4 is 10.9 Å². The molecule has 17 heavy (non-hydrogen) atoms. The minimum atomic E-state index is -0.130. The minimum Gasteiger partial charge on any atom is -0.380 e. The molecule has 0 saturated carbocycles. The molecular weight excluding hydrogens is 218 g/mol. The molecule has 0 saturated heterocycles. The van der Waals surface area contributed by atoms with Crippen molar-refractivity contribution >= 4 is 16.9 Å². The Hall–Kier alpha value is -1.88. The average Bonchev–Trinajstić information content (AvgIpc) is 2.35. The highest BCUT2D eigenvalue weighted by Gasteiger charge is 2.01. The van der Waals surface area contributed by atoms with Crippen LogP contribution in [-0.4, -0.2) is 29.7 Å². The molecule has 0 spiro atoms. The van der Waals surface area contributed by atoms with Crippen LogP contribution >= 0.6 is 0 Å². The number of anilines is 1. The SMILES string of the molecule is CCOCCNc1nc2ccccc2c(=O)[nH]1. The number of hydrogen-bond acceptors (Lipinski definition) is 4. The Morgan fingerprint density at radius 3 is 3.06 bits per heavy atom. The van der Waals surface area contributed by atoms with Gasteiger partial charge in [-0.1, -0.05) is 12.1 Å². The molecule has 0 aliphatic rings. The standard InChI is InChI=1S/C12H15N3O2/c1-2-17-8-7-13-12-14-10-6-4-3-5-9(10)11(16)15-12/h3-6H,2,7-8H2,1H3,(H2,13,14,15,16). The van der Waals surface area contributed by atoms with Gasteiger partial charge in [-0.15, -0.1) is 0 Å². The molecule has 0 fully saturated rings. The van der Waals surface area contributed by atoms with Gasteiger partial charge in [0.1, 0.15) is 0 Å². The lowest BCUT2D eigenvalue weighted by molar-refractivity contribution is 0.158. The van der Waals surface area contributed by atoms with Gasteiger partial charge in [0.05, 0.1) is 17.5 Å². The van der Waals surface area contributed by atoms with Crippen molar-refractivity contribution in [2.75, 3.05) is 25.1 Å². The number of benzene rings is 1. The van der Waals surface area contributed by atoms with Crippen molar-refractivity contribution in [3.63, 3.8) is 0 Å². The van der Waals surface area contributed by atoms with Gasteiger partial charge in [0.15, 0.2) is 0 Å². The van der Waals surface area contributed by atoms with Crippen molar-refractivity contribution < 1.29 is 4.74 Å². The van der Waals surface area contributed by atoms with Gasteiger partial charge in [0.25, 0.3) is 5.56 Å². The Morgan fingerprint density at radius 2 is 2.24 bits per heavy atom. The van der Waals surface area contributed by atoms with Crippen LogP contribution in [0.25, 0.3) is 10.9 Å². The number of ether oxygens (including phenoxy) is 1. The molecule has 5 heteroatoms. The van der Waals surface area contributed by atoms with E-state index >= 15 is 0 Å². The molecule has 0 aliphatic carbocycles. The molecule has 2 rings (SSSR count). The summed E-state index contributed by atoms with van der Waals surface area (Å²) in [6.45, 7) is 3.83. The number of aromatic nitrogens is 2. The van der Waals surface area contributed by atoms with E-state index in [1.54, 1.807) is 6.07 Å². The number of H-pyrrole nitrogens is 1. The van der Waals surface area contributed by atoms with Gasteiger partial charge in [0, 0.05) is 13.2 Å². The Bertz CT molecular complexity index is 551. The summed E-state index contributed by atoms with van der Waals surface area (Å²) in [6.07, 6.45) is 0. The highest BCUT2D eigenvalue weighted by molar-refractivity contribution is 5.78. The van der Waals surface area contributed by atoms with E-state index in [1.807, 2.05) is 25.1 Å². The summed E-state index contributed by atoms with van der Waals surface area (Å²) in [5.74, 6) is 0.480. The molecule has 0 atom stereocenters. The van der Waals surface area contributed by atoms with Crippen LogP contribution in [0.4, 0.5) is 5.95 Å². The number of rotatable bonds is 5. The second-order valence-corrected chi connectivity index (χ2v) is 3.56. The monoisotopic (exact) mass is 233 g/mol. The molecule has 0 aliphatic heterocycles. The number of hydrogen-bond donors (Lipinski definition) is 2. The maximum absolute atomic E-state index is 11.7. The Balaban J connectivity index is 2.16. The van der Waals surface area contributed by atoms with Gasteiger partial charge in [-0.3, -0.25) is 9.78 Å². The van der Waals surface area contributed by atoms with Gasteiger partial charge in [-0.25, -0.2) is 4.98 Å². The molecule has 0 radical (unpaired) electrons. The number of nitrogens with zero attached hydrogens (tertiary/aromatic N) is 1. The fourth-order valence-electron chi connectivity index (χ4n) is 1.56. The maximum atomic E-state index is 11.7. The quantitative estimate of drug-likeness (QED) is 0.765. The first-order chi connectivity index (χ1) is 8.31. The van der Waals surface area contributed by atoms with Crippen molar-refractivity contribution in [1.29, 1.82) is 0 Å². The van der Waals surface area contributed by atoms with E-state index in [4.69, 9.17) is 4.74 Å². The first kappa shape index (κ1) is 11.6. The predicted octanol–water partition coefficient (Wildman–Crippen LogP) is 1.37. The fraction of sp³-hybridized carbons (Fsp3) is 0.333. The molecule has 0 unspecified atom stereocenters. The molecule has 2 aromatic rings. The third-order valence-corrected chi connectivity index (χ3v) is 2.36. The highest BCUT2D eigenvalue weighted by Crippen LogP contribution is 2.07. The molecule has 0 amide bonds. The first-order valence-electron chi connectivity index (χ1n) is 5.62. The fourth-order valence-corrected chi connectivity index (χ4v) is 1.56. The lowest BCUT2D eigenvalue weighted by atomic mass is 10.2. The molecule has 90 valence electrons. The number of fused-ring (bicyclic) bond motifs is 1. The van der Waals surface area contributed by atoms with E-state index in [0.29, 0.717) is 36.6 Å². The third-order valence-electron chi connectivity index (χ3n) is 2.36. The average molecular weight is 233 g/mol. The van der Waals surface area contributed by atoms with Gasteiger partial charge in [-0.05, 0) is 19.1 Å². The van der Waals surface area contributed by atoms with Crippen molar-refractivity contribution in [3.05, 3.63) is 34.6 Å². The van der Waals surface area contributed by atoms with Crippen LogP contribution in [0.15, 0.2) is 29.1 Å². The van der Waals surface area contributed by atoms with Gasteiger partial charge in [-0.2, -0.15) is 0 Å². The number of para-hydroxylation sites is 1. The van der Waals surface area contributed by atoms with Crippen molar-refractivity contribution in [1.82, 2.24) is 9.97 Å². The van der Waals surface area contributed by atoms with E-state index in [2.05, 4.69) is 15.3 Å². The molecule has 0 bridgehead atoms. The summed E-state index contributed by atoms with van der Waals surface area (Å²) in [4.78, 5) is 18.7. The summed E-state index contributed by atoms with van der Waals surface area (Å²) >= 11 is 0. The van der Waals surface area contributed by atoms with Crippen LogP contribution in [0.1, 0.15) is 6.92 Å². The lowest BCUT2D eigenvalue weighted by Crippen LogP contribution is -2.16. The Labute approximate surface area is 98.8 Å². The third kappa shape index (κ3) is 2.82. The zero-order valence-corrected chi connectivity index (χ0v) is 9.69. The van der Waals surface area contributed by atoms with Gasteiger partial charge < -0.3 is 10.1 Å². The van der Waals surface area contributed by atoms with Crippen LogP contribution in [-0.2, 0) is 4.74 Å². The lowest BCUT2D eigenvalue weighted by Gasteiger charge is -2.06.